The smallest absolute Gasteiger partial charge is 0.140 e. The SMILES string of the molecule is CCc1n[nH]c2cc(O)c(-c3ccc(-c4ncc(C)s4)n3-c3ccc(N4CCOCC4)cc3)cc12. The number of benzene rings is 2. The van der Waals surface area contributed by atoms with Crippen molar-refractivity contribution >= 4 is 27.9 Å². The van der Waals surface area contributed by atoms with Gasteiger partial charge >= 0.3 is 0 Å². The lowest BCUT2D eigenvalue weighted by Crippen LogP contribution is -2.36. The van der Waals surface area contributed by atoms with Gasteiger partial charge in [0, 0.05) is 52.6 Å². The molecule has 2 aromatic carbocycles. The number of nitrogens with one attached hydrogen (secondary N) is 1. The van der Waals surface area contributed by atoms with Crippen LogP contribution in [0.2, 0.25) is 0 Å². The van der Waals surface area contributed by atoms with Gasteiger partial charge in [-0.05, 0) is 55.8 Å². The van der Waals surface area contributed by atoms with Crippen molar-refractivity contribution in [2.45, 2.75) is 20.3 Å². The number of ether oxygens (including phenoxy) is 1. The van der Waals surface area contributed by atoms with Crippen molar-refractivity contribution in [1.82, 2.24) is 19.7 Å². The summed E-state index contributed by atoms with van der Waals surface area (Å²) in [6.45, 7) is 7.46. The number of aryl methyl sites for hydroxylation is 2. The number of phenols is 1. The van der Waals surface area contributed by atoms with Gasteiger partial charge in [0.1, 0.15) is 10.8 Å². The molecule has 0 saturated carbocycles. The second-order valence-corrected chi connectivity index (χ2v) is 10.0. The standard InChI is InChI=1S/C27H27N5O2S/c1-3-22-20-14-21(26(33)15-23(20)30-29-22)24-8-9-25(27-28-16-17(2)35-27)32(24)19-6-4-18(5-7-19)31-10-12-34-13-11-31/h4-9,14-16,33H,3,10-13H2,1-2H3,(H,29,30). The molecule has 3 aromatic heterocycles. The van der Waals surface area contributed by atoms with E-state index in [0.717, 1.165) is 81.8 Å². The fourth-order valence-corrected chi connectivity index (χ4v) is 5.56. The molecule has 178 valence electrons. The molecule has 6 rings (SSSR count). The predicted octanol–water partition coefficient (Wildman–Crippen LogP) is 5.56. The lowest BCUT2D eigenvalue weighted by atomic mass is 10.1. The molecule has 2 N–H and O–H groups in total. The number of H-pyrrole nitrogens is 1. The summed E-state index contributed by atoms with van der Waals surface area (Å²) in [5.41, 5.74) is 6.72. The Morgan fingerprint density at radius 1 is 1.03 bits per heavy atom. The average molecular weight is 486 g/mol. The molecule has 0 spiro atoms. The van der Waals surface area contributed by atoms with Crippen molar-refractivity contribution in [3.63, 3.8) is 0 Å². The molecule has 1 aliphatic rings. The number of rotatable bonds is 5. The van der Waals surface area contributed by atoms with Gasteiger partial charge in [0.15, 0.2) is 0 Å². The number of aromatic hydroxyl groups is 1. The fraction of sp³-hybridized carbons (Fsp3) is 0.259. The van der Waals surface area contributed by atoms with Crippen LogP contribution in [-0.2, 0) is 11.2 Å². The fourth-order valence-electron chi connectivity index (χ4n) is 4.78. The van der Waals surface area contributed by atoms with Gasteiger partial charge in [-0.1, -0.05) is 6.92 Å². The van der Waals surface area contributed by atoms with Crippen LogP contribution >= 0.6 is 11.3 Å². The van der Waals surface area contributed by atoms with Crippen LogP contribution in [0.3, 0.4) is 0 Å². The summed E-state index contributed by atoms with van der Waals surface area (Å²) in [5, 5.41) is 20.5. The van der Waals surface area contributed by atoms with Crippen molar-refractivity contribution in [1.29, 1.82) is 0 Å². The van der Waals surface area contributed by atoms with Gasteiger partial charge in [0.05, 0.1) is 35.8 Å². The van der Waals surface area contributed by atoms with E-state index < -0.39 is 0 Å². The number of hydrogen-bond acceptors (Lipinski definition) is 6. The second-order valence-electron chi connectivity index (χ2n) is 8.77. The molecule has 8 heteroatoms. The first-order valence-corrected chi connectivity index (χ1v) is 12.7. The van der Waals surface area contributed by atoms with Crippen LogP contribution in [0.15, 0.2) is 54.7 Å². The van der Waals surface area contributed by atoms with Gasteiger partial charge in [-0.25, -0.2) is 4.98 Å². The Hall–Kier alpha value is -3.62. The quantitative estimate of drug-likeness (QED) is 0.341. The van der Waals surface area contributed by atoms with E-state index in [1.54, 1.807) is 17.4 Å². The molecule has 35 heavy (non-hydrogen) atoms. The van der Waals surface area contributed by atoms with Gasteiger partial charge in [0.2, 0.25) is 0 Å². The Labute approximate surface area is 207 Å². The molecule has 0 unspecified atom stereocenters. The molecule has 5 aromatic rings. The van der Waals surface area contributed by atoms with Gasteiger partial charge in [-0.3, -0.25) is 5.10 Å². The van der Waals surface area contributed by atoms with Gasteiger partial charge in [-0.2, -0.15) is 5.10 Å². The summed E-state index contributed by atoms with van der Waals surface area (Å²) in [7, 11) is 0. The number of fused-ring (bicyclic) bond motifs is 1. The minimum absolute atomic E-state index is 0.218. The highest BCUT2D eigenvalue weighted by molar-refractivity contribution is 7.14. The monoisotopic (exact) mass is 485 g/mol. The van der Waals surface area contributed by atoms with E-state index in [-0.39, 0.29) is 5.75 Å². The van der Waals surface area contributed by atoms with Crippen LogP contribution in [0.5, 0.6) is 5.75 Å². The number of aromatic nitrogens is 4. The van der Waals surface area contributed by atoms with Crippen molar-refractivity contribution in [2.24, 2.45) is 0 Å². The van der Waals surface area contributed by atoms with Crippen LogP contribution in [0, 0.1) is 6.92 Å². The summed E-state index contributed by atoms with van der Waals surface area (Å²) in [5.74, 6) is 0.218. The number of thiazole rings is 1. The first-order valence-electron chi connectivity index (χ1n) is 11.9. The molecule has 4 heterocycles. The number of phenolic OH excluding ortho intramolecular Hbond substituents is 1. The average Bonchev–Trinajstić information content (AvgIpc) is 3.62. The Morgan fingerprint density at radius 2 is 1.77 bits per heavy atom. The minimum Gasteiger partial charge on any atom is -0.507 e. The molecule has 7 nitrogen and oxygen atoms in total. The molecule has 1 saturated heterocycles. The normalized spacial score (nSPS) is 14.2. The first kappa shape index (κ1) is 21.9. The Morgan fingerprint density at radius 3 is 2.49 bits per heavy atom. The Balaban J connectivity index is 1.51. The largest absolute Gasteiger partial charge is 0.507 e. The first-order chi connectivity index (χ1) is 17.1. The van der Waals surface area contributed by atoms with Crippen LogP contribution in [-0.4, -0.2) is 51.2 Å². The van der Waals surface area contributed by atoms with E-state index in [1.165, 1.54) is 5.69 Å². The molecule has 0 atom stereocenters. The molecule has 0 bridgehead atoms. The third-order valence-electron chi connectivity index (χ3n) is 6.57. The highest BCUT2D eigenvalue weighted by Crippen LogP contribution is 2.39. The number of morpholine rings is 1. The third-order valence-corrected chi connectivity index (χ3v) is 7.51. The molecule has 1 aliphatic heterocycles. The maximum atomic E-state index is 11.0. The lowest BCUT2D eigenvalue weighted by molar-refractivity contribution is 0.122. The van der Waals surface area contributed by atoms with Crippen molar-refractivity contribution in [3.05, 3.63) is 65.3 Å². The molecular weight excluding hydrogens is 458 g/mol. The summed E-state index contributed by atoms with van der Waals surface area (Å²) in [6.07, 6.45) is 2.72. The summed E-state index contributed by atoms with van der Waals surface area (Å²) < 4.78 is 7.69. The van der Waals surface area contributed by atoms with Gasteiger partial charge in [0.25, 0.3) is 0 Å². The van der Waals surface area contributed by atoms with Crippen LogP contribution in [0.4, 0.5) is 5.69 Å². The topological polar surface area (TPSA) is 79.2 Å². The zero-order chi connectivity index (χ0) is 23.9. The Kier molecular flexibility index (Phi) is 5.54. The number of hydrogen-bond donors (Lipinski definition) is 2. The summed E-state index contributed by atoms with van der Waals surface area (Å²) >= 11 is 1.67. The third kappa shape index (κ3) is 3.88. The van der Waals surface area contributed by atoms with Crippen LogP contribution in [0.1, 0.15) is 17.5 Å². The second kappa shape index (κ2) is 8.87. The predicted molar refractivity (Wildman–Crippen MR) is 141 cm³/mol. The van der Waals surface area contributed by atoms with E-state index in [0.29, 0.717) is 0 Å². The molecular formula is C27H27N5O2S. The molecule has 0 radical (unpaired) electrons. The summed E-state index contributed by atoms with van der Waals surface area (Å²) in [6, 6.07) is 16.6. The van der Waals surface area contributed by atoms with Crippen molar-refractivity contribution in [2.75, 3.05) is 31.2 Å². The zero-order valence-corrected chi connectivity index (χ0v) is 20.6. The number of aromatic amines is 1. The summed E-state index contributed by atoms with van der Waals surface area (Å²) in [4.78, 5) is 8.17. The van der Waals surface area contributed by atoms with E-state index in [2.05, 4.69) is 74.9 Å². The maximum Gasteiger partial charge on any atom is 0.140 e. The molecule has 0 amide bonds. The highest BCUT2D eigenvalue weighted by atomic mass is 32.1. The molecule has 1 fully saturated rings. The Bertz CT molecular complexity index is 1490. The van der Waals surface area contributed by atoms with Crippen molar-refractivity contribution < 1.29 is 9.84 Å². The highest BCUT2D eigenvalue weighted by Gasteiger charge is 2.20. The van der Waals surface area contributed by atoms with Crippen molar-refractivity contribution in [3.8, 4) is 33.4 Å². The number of anilines is 1. The zero-order valence-electron chi connectivity index (χ0n) is 19.8. The lowest BCUT2D eigenvalue weighted by Gasteiger charge is -2.29. The van der Waals surface area contributed by atoms with E-state index in [9.17, 15) is 5.11 Å². The van der Waals surface area contributed by atoms with Gasteiger partial charge in [-0.15, -0.1) is 11.3 Å². The minimum atomic E-state index is 0.218. The molecule has 0 aliphatic carbocycles. The van der Waals surface area contributed by atoms with Gasteiger partial charge < -0.3 is 19.3 Å². The number of nitrogens with zero attached hydrogens (tertiary/aromatic N) is 4. The van der Waals surface area contributed by atoms with E-state index in [1.807, 2.05) is 12.3 Å². The van der Waals surface area contributed by atoms with E-state index in [4.69, 9.17) is 4.74 Å². The van der Waals surface area contributed by atoms with Crippen LogP contribution < -0.4 is 4.90 Å². The van der Waals surface area contributed by atoms with E-state index >= 15 is 0 Å². The maximum absolute atomic E-state index is 11.0. The van der Waals surface area contributed by atoms with Crippen LogP contribution in [0.25, 0.3) is 38.5 Å².